The van der Waals surface area contributed by atoms with Gasteiger partial charge in [-0.25, -0.2) is 0 Å². The first-order chi connectivity index (χ1) is 19.7. The summed E-state index contributed by atoms with van der Waals surface area (Å²) in [6.45, 7) is 8.00. The highest BCUT2D eigenvalue weighted by Gasteiger charge is 2.80. The van der Waals surface area contributed by atoms with Crippen LogP contribution in [0.1, 0.15) is 58.1 Å². The van der Waals surface area contributed by atoms with Gasteiger partial charge in [0.1, 0.15) is 11.6 Å². The lowest BCUT2D eigenvalue weighted by atomic mass is 9.62. The maximum absolute atomic E-state index is 14.5. The Kier molecular flexibility index (Phi) is 8.26. The van der Waals surface area contributed by atoms with Crippen LogP contribution in [0.15, 0.2) is 60.7 Å². The van der Waals surface area contributed by atoms with E-state index in [-0.39, 0.29) is 36.3 Å². The van der Waals surface area contributed by atoms with Crippen molar-refractivity contribution in [2.45, 2.75) is 89.3 Å². The third-order valence-electron chi connectivity index (χ3n) is 9.62. The van der Waals surface area contributed by atoms with Crippen molar-refractivity contribution in [1.29, 1.82) is 0 Å². The second kappa shape index (κ2) is 11.6. The zero-order valence-electron chi connectivity index (χ0n) is 24.5. The molecule has 0 saturated carbocycles. The summed E-state index contributed by atoms with van der Waals surface area (Å²) in [6.07, 6.45) is 2.58. The molecule has 3 saturated heterocycles. The van der Waals surface area contributed by atoms with Crippen LogP contribution >= 0.6 is 0 Å². The molecule has 5 rings (SSSR count). The summed E-state index contributed by atoms with van der Waals surface area (Å²) in [7, 11) is 0. The van der Waals surface area contributed by atoms with Crippen LogP contribution in [0.2, 0.25) is 0 Å². The molecule has 0 aliphatic carbocycles. The minimum atomic E-state index is -1.15. The summed E-state index contributed by atoms with van der Waals surface area (Å²) >= 11 is 0. The highest BCUT2D eigenvalue weighted by molar-refractivity contribution is 5.99. The Morgan fingerprint density at radius 2 is 1.71 bits per heavy atom. The molecule has 2 aromatic carbocycles. The number of carbonyl (C=O) groups excluding carboxylic acids is 3. The minimum Gasteiger partial charge on any atom is -0.394 e. The van der Waals surface area contributed by atoms with Crippen LogP contribution in [-0.2, 0) is 32.1 Å². The van der Waals surface area contributed by atoms with Crippen molar-refractivity contribution < 1.29 is 24.2 Å². The molecule has 0 aromatic heterocycles. The zero-order valence-corrected chi connectivity index (χ0v) is 24.5. The highest BCUT2D eigenvalue weighted by atomic mass is 16.5. The molecule has 3 heterocycles. The summed E-state index contributed by atoms with van der Waals surface area (Å²) in [5.74, 6) is -2.45. The van der Waals surface area contributed by atoms with Gasteiger partial charge in [-0.1, -0.05) is 80.9 Å². The van der Waals surface area contributed by atoms with E-state index in [1.54, 1.807) is 4.90 Å². The van der Waals surface area contributed by atoms with E-state index in [9.17, 15) is 19.5 Å². The van der Waals surface area contributed by atoms with Gasteiger partial charge in [-0.05, 0) is 50.2 Å². The molecule has 2 aromatic rings. The number of rotatable bonds is 11. The van der Waals surface area contributed by atoms with E-state index in [1.807, 2.05) is 81.4 Å². The normalized spacial score (nSPS) is 31.5. The van der Waals surface area contributed by atoms with Crippen LogP contribution in [0.25, 0.3) is 0 Å². The van der Waals surface area contributed by atoms with Crippen molar-refractivity contribution in [2.75, 3.05) is 6.61 Å². The van der Waals surface area contributed by atoms with E-state index in [0.29, 0.717) is 19.4 Å². The summed E-state index contributed by atoms with van der Waals surface area (Å²) in [6, 6.07) is 17.6. The molecule has 4 unspecified atom stereocenters. The summed E-state index contributed by atoms with van der Waals surface area (Å²) in [4.78, 5) is 44.1. The number of nitrogens with one attached hydrogen (secondary N) is 2. The van der Waals surface area contributed by atoms with Gasteiger partial charge in [0.05, 0.1) is 30.1 Å². The third kappa shape index (κ3) is 5.06. The van der Waals surface area contributed by atoms with Crippen molar-refractivity contribution in [3.8, 4) is 0 Å². The first-order valence-corrected chi connectivity index (χ1v) is 14.9. The number of fused-ring (bicyclic) bond motifs is 1. The Morgan fingerprint density at radius 1 is 1.07 bits per heavy atom. The molecule has 1 spiro atoms. The highest BCUT2D eigenvalue weighted by Crippen LogP contribution is 2.65. The SMILES string of the molecule is CCCC(C)NC(=O)C1N([C@@H](CO)Cc2ccccc2)C(=O)[C@@H]2[C@@H](C(=O)NCc3ccccc3)[C@]3(C)OC12CC3C. The fourth-order valence-corrected chi connectivity index (χ4v) is 7.63. The molecule has 2 bridgehead atoms. The van der Waals surface area contributed by atoms with Gasteiger partial charge in [-0.15, -0.1) is 0 Å². The van der Waals surface area contributed by atoms with Crippen molar-refractivity contribution in [3.05, 3.63) is 71.8 Å². The number of carbonyl (C=O) groups is 3. The van der Waals surface area contributed by atoms with E-state index >= 15 is 0 Å². The van der Waals surface area contributed by atoms with E-state index in [0.717, 1.165) is 24.0 Å². The quantitative estimate of drug-likeness (QED) is 0.391. The Balaban J connectivity index is 1.52. The molecular weight excluding hydrogens is 518 g/mol. The van der Waals surface area contributed by atoms with E-state index in [2.05, 4.69) is 17.6 Å². The van der Waals surface area contributed by atoms with Crippen LogP contribution in [-0.4, -0.2) is 63.7 Å². The molecule has 3 fully saturated rings. The van der Waals surface area contributed by atoms with Gasteiger partial charge in [0.25, 0.3) is 0 Å². The van der Waals surface area contributed by atoms with Gasteiger partial charge in [0.15, 0.2) is 0 Å². The van der Waals surface area contributed by atoms with Crippen molar-refractivity contribution in [2.24, 2.45) is 17.8 Å². The van der Waals surface area contributed by atoms with Gasteiger partial charge in [-0.2, -0.15) is 0 Å². The largest absolute Gasteiger partial charge is 0.394 e. The number of aliphatic hydroxyl groups excluding tert-OH is 1. The average molecular weight is 562 g/mol. The van der Waals surface area contributed by atoms with E-state index in [1.165, 1.54) is 0 Å². The first-order valence-electron chi connectivity index (χ1n) is 14.9. The number of aliphatic hydroxyl groups is 1. The standard InChI is InChI=1S/C33H43N3O5/c1-5-12-22(3)35-30(39)28-33-18-21(2)32(4,41-33)26(29(38)34-19-24-15-10-7-11-16-24)27(33)31(40)36(28)25(20-37)17-23-13-8-6-9-14-23/h6-11,13-16,21-22,25-28,37H,5,12,17-20H2,1-4H3,(H,34,38)(H,35,39)/t21?,22?,25-,26+,27+,28?,32-,33?/m1/s1. The third-order valence-corrected chi connectivity index (χ3v) is 9.62. The van der Waals surface area contributed by atoms with Crippen LogP contribution < -0.4 is 10.6 Å². The molecule has 41 heavy (non-hydrogen) atoms. The lowest BCUT2D eigenvalue weighted by Crippen LogP contribution is -2.59. The second-order valence-corrected chi connectivity index (χ2v) is 12.4. The van der Waals surface area contributed by atoms with E-state index in [4.69, 9.17) is 4.74 Å². The van der Waals surface area contributed by atoms with Gasteiger partial charge in [-0.3, -0.25) is 14.4 Å². The predicted octanol–water partition coefficient (Wildman–Crippen LogP) is 3.22. The Labute approximate surface area is 242 Å². The van der Waals surface area contributed by atoms with Gasteiger partial charge in [0, 0.05) is 12.6 Å². The number of benzene rings is 2. The Morgan fingerprint density at radius 3 is 2.32 bits per heavy atom. The monoisotopic (exact) mass is 561 g/mol. The minimum absolute atomic E-state index is 0.0518. The second-order valence-electron chi connectivity index (χ2n) is 12.4. The lowest BCUT2D eigenvalue weighted by molar-refractivity contribution is -0.151. The number of hydrogen-bond donors (Lipinski definition) is 3. The fourth-order valence-electron chi connectivity index (χ4n) is 7.63. The first kappa shape index (κ1) is 29.3. The maximum Gasteiger partial charge on any atom is 0.246 e. The maximum atomic E-state index is 14.5. The number of likely N-dealkylation sites (tertiary alicyclic amines) is 1. The molecule has 8 atom stereocenters. The molecule has 3 aliphatic heterocycles. The van der Waals surface area contributed by atoms with Crippen molar-refractivity contribution >= 4 is 17.7 Å². The fraction of sp³-hybridized carbons (Fsp3) is 0.545. The number of nitrogens with zero attached hydrogens (tertiary/aromatic N) is 1. The van der Waals surface area contributed by atoms with Crippen LogP contribution in [0.5, 0.6) is 0 Å². The van der Waals surface area contributed by atoms with Crippen LogP contribution in [0.3, 0.4) is 0 Å². The van der Waals surface area contributed by atoms with Crippen LogP contribution in [0, 0.1) is 17.8 Å². The van der Waals surface area contributed by atoms with Gasteiger partial charge < -0.3 is 25.4 Å². The lowest BCUT2D eigenvalue weighted by Gasteiger charge is -2.37. The Hall–Kier alpha value is -3.23. The number of ether oxygens (including phenoxy) is 1. The summed E-state index contributed by atoms with van der Waals surface area (Å²) in [5, 5.41) is 16.8. The molecule has 8 nitrogen and oxygen atoms in total. The Bertz CT molecular complexity index is 1260. The molecule has 8 heteroatoms. The molecular formula is C33H43N3O5. The number of amides is 3. The zero-order chi connectivity index (χ0) is 29.4. The molecule has 3 N–H and O–H groups in total. The number of hydrogen-bond acceptors (Lipinski definition) is 5. The van der Waals surface area contributed by atoms with Gasteiger partial charge >= 0.3 is 0 Å². The molecule has 3 amide bonds. The molecule has 0 radical (unpaired) electrons. The molecule has 220 valence electrons. The van der Waals surface area contributed by atoms with Crippen LogP contribution in [0.4, 0.5) is 0 Å². The molecule has 3 aliphatic rings. The van der Waals surface area contributed by atoms with Crippen molar-refractivity contribution in [3.63, 3.8) is 0 Å². The summed E-state index contributed by atoms with van der Waals surface area (Å²) < 4.78 is 6.82. The topological polar surface area (TPSA) is 108 Å². The van der Waals surface area contributed by atoms with Crippen molar-refractivity contribution in [1.82, 2.24) is 15.5 Å². The van der Waals surface area contributed by atoms with E-state index < -0.39 is 35.1 Å². The summed E-state index contributed by atoms with van der Waals surface area (Å²) in [5.41, 5.74) is -0.132. The smallest absolute Gasteiger partial charge is 0.246 e. The predicted molar refractivity (Wildman–Crippen MR) is 155 cm³/mol. The average Bonchev–Trinajstić information content (AvgIpc) is 3.48. The van der Waals surface area contributed by atoms with Gasteiger partial charge in [0.2, 0.25) is 17.7 Å².